The molecular formula is C32H28O14. The average molecular weight is 637 g/mol. The zero-order valence-electron chi connectivity index (χ0n) is 23.7. The molecule has 3 aromatic carbocycles. The van der Waals surface area contributed by atoms with E-state index in [-0.39, 0.29) is 63.1 Å². The van der Waals surface area contributed by atoms with E-state index >= 15 is 0 Å². The van der Waals surface area contributed by atoms with E-state index in [2.05, 4.69) is 0 Å². The highest BCUT2D eigenvalue weighted by molar-refractivity contribution is 6.16. The predicted octanol–water partition coefficient (Wildman–Crippen LogP) is 1.11. The van der Waals surface area contributed by atoms with Crippen LogP contribution in [0, 0.1) is 0 Å². The van der Waals surface area contributed by atoms with Crippen molar-refractivity contribution in [2.24, 2.45) is 0 Å². The number of phenols is 2. The molecule has 0 aromatic heterocycles. The monoisotopic (exact) mass is 636 g/mol. The normalized spacial score (nSPS) is 26.9. The number of aromatic hydroxyl groups is 2. The van der Waals surface area contributed by atoms with E-state index in [1.54, 1.807) is 0 Å². The predicted molar refractivity (Wildman–Crippen MR) is 153 cm³/mol. The summed E-state index contributed by atoms with van der Waals surface area (Å²) in [5.74, 6) is -7.28. The molecular weight excluding hydrogens is 608 g/mol. The Morgan fingerprint density at radius 2 is 1.43 bits per heavy atom. The number of carboxylic acid groups (broad SMARTS) is 2. The van der Waals surface area contributed by atoms with E-state index in [4.69, 9.17) is 9.47 Å². The molecule has 2 aliphatic carbocycles. The van der Waals surface area contributed by atoms with Crippen LogP contribution >= 0.6 is 0 Å². The van der Waals surface area contributed by atoms with Crippen LogP contribution < -0.4 is 4.74 Å². The molecule has 6 rings (SSSR count). The van der Waals surface area contributed by atoms with Crippen molar-refractivity contribution in [2.75, 3.05) is 6.61 Å². The van der Waals surface area contributed by atoms with Gasteiger partial charge in [0, 0.05) is 12.3 Å². The molecule has 3 aliphatic rings. The van der Waals surface area contributed by atoms with Gasteiger partial charge >= 0.3 is 11.9 Å². The molecule has 0 saturated carbocycles. The molecule has 0 spiro atoms. The second-order valence-electron chi connectivity index (χ2n) is 11.4. The molecule has 0 amide bonds. The summed E-state index contributed by atoms with van der Waals surface area (Å²) in [7, 11) is 0. The minimum atomic E-state index is -1.82. The van der Waals surface area contributed by atoms with E-state index in [0.29, 0.717) is 0 Å². The highest BCUT2D eigenvalue weighted by Gasteiger charge is 2.47. The van der Waals surface area contributed by atoms with Crippen LogP contribution in [-0.4, -0.2) is 102 Å². The number of ether oxygens (including phenoxy) is 2. The van der Waals surface area contributed by atoms with Crippen molar-refractivity contribution in [2.45, 2.75) is 55.4 Å². The second kappa shape index (κ2) is 11.5. The molecule has 14 nitrogen and oxygen atoms in total. The van der Waals surface area contributed by atoms with Gasteiger partial charge < -0.3 is 50.3 Å². The number of carbonyl (C=O) groups excluding carboxylic acids is 2. The van der Waals surface area contributed by atoms with Crippen LogP contribution in [0.15, 0.2) is 42.5 Å². The van der Waals surface area contributed by atoms with E-state index in [1.807, 2.05) is 0 Å². The molecule has 1 aliphatic heterocycles. The number of Topliss-reactive ketones (excluding diaryl/α,β-unsaturated/α-hetero) is 1. The smallest absolute Gasteiger partial charge is 0.335 e. The van der Waals surface area contributed by atoms with Crippen LogP contribution in [0.4, 0.5) is 0 Å². The van der Waals surface area contributed by atoms with Gasteiger partial charge in [0.25, 0.3) is 0 Å². The van der Waals surface area contributed by atoms with Crippen molar-refractivity contribution >= 4 is 23.5 Å². The molecule has 1 saturated heterocycles. The fourth-order valence-electron chi connectivity index (χ4n) is 6.71. The summed E-state index contributed by atoms with van der Waals surface area (Å²) < 4.78 is 11.3. The van der Waals surface area contributed by atoms with Crippen molar-refractivity contribution in [3.63, 3.8) is 0 Å². The number of rotatable bonds is 6. The molecule has 1 fully saturated rings. The molecule has 4 unspecified atom stereocenters. The van der Waals surface area contributed by atoms with Crippen LogP contribution in [-0.2, 0) is 4.74 Å². The number of carboxylic acids is 2. The number of ketones is 2. The van der Waals surface area contributed by atoms with Crippen molar-refractivity contribution in [3.05, 3.63) is 87.0 Å². The molecule has 0 bridgehead atoms. The van der Waals surface area contributed by atoms with Gasteiger partial charge in [-0.3, -0.25) is 9.59 Å². The van der Waals surface area contributed by atoms with Crippen molar-refractivity contribution in [1.82, 2.24) is 0 Å². The maximum atomic E-state index is 14.1. The molecule has 14 heteroatoms. The first-order chi connectivity index (χ1) is 21.8. The van der Waals surface area contributed by atoms with Crippen LogP contribution in [0.3, 0.4) is 0 Å². The quantitative estimate of drug-likeness (QED) is 0.189. The number of aromatic carboxylic acids is 2. The lowest BCUT2D eigenvalue weighted by molar-refractivity contribution is -0.277. The van der Waals surface area contributed by atoms with E-state index in [1.165, 1.54) is 30.3 Å². The Balaban J connectivity index is 1.57. The lowest BCUT2D eigenvalue weighted by atomic mass is 9.65. The Hall–Kier alpha value is -4.86. The fourth-order valence-corrected chi connectivity index (χ4v) is 6.71. The van der Waals surface area contributed by atoms with Gasteiger partial charge in [-0.15, -0.1) is 0 Å². The highest BCUT2D eigenvalue weighted by Crippen LogP contribution is 2.53. The first-order valence-electron chi connectivity index (χ1n) is 14.2. The zero-order chi connectivity index (χ0) is 33.2. The van der Waals surface area contributed by atoms with Crippen LogP contribution in [0.1, 0.15) is 88.4 Å². The van der Waals surface area contributed by atoms with Gasteiger partial charge in [-0.05, 0) is 59.4 Å². The molecule has 240 valence electrons. The fraction of sp³-hybridized carbons (Fsp3) is 0.312. The molecule has 0 radical (unpaired) electrons. The first kappa shape index (κ1) is 31.1. The van der Waals surface area contributed by atoms with Crippen molar-refractivity contribution < 1.29 is 69.5 Å². The zero-order valence-corrected chi connectivity index (χ0v) is 23.7. The molecule has 1 heterocycles. The number of carbonyl (C=O) groups is 4. The summed E-state index contributed by atoms with van der Waals surface area (Å²) in [5.41, 5.74) is -0.765. The van der Waals surface area contributed by atoms with Gasteiger partial charge in [0.15, 0.2) is 5.78 Å². The third kappa shape index (κ3) is 4.87. The number of fused-ring (bicyclic) bond motifs is 3. The van der Waals surface area contributed by atoms with E-state index in [0.717, 1.165) is 12.1 Å². The Labute approximate surface area is 259 Å². The van der Waals surface area contributed by atoms with Crippen LogP contribution in [0.2, 0.25) is 0 Å². The Morgan fingerprint density at radius 3 is 2.07 bits per heavy atom. The highest BCUT2D eigenvalue weighted by atomic mass is 16.7. The van der Waals surface area contributed by atoms with Gasteiger partial charge in [0.1, 0.15) is 41.7 Å². The summed E-state index contributed by atoms with van der Waals surface area (Å²) >= 11 is 0. The van der Waals surface area contributed by atoms with Gasteiger partial charge in [-0.2, -0.15) is 0 Å². The van der Waals surface area contributed by atoms with Crippen molar-refractivity contribution in [1.29, 1.82) is 0 Å². The number of hydrogen-bond donors (Lipinski definition) is 8. The maximum Gasteiger partial charge on any atom is 0.335 e. The maximum absolute atomic E-state index is 14.1. The number of aliphatic hydroxyl groups excluding tert-OH is 4. The van der Waals surface area contributed by atoms with Gasteiger partial charge in [0.2, 0.25) is 12.1 Å². The van der Waals surface area contributed by atoms with Gasteiger partial charge in [0.05, 0.1) is 34.4 Å². The van der Waals surface area contributed by atoms with E-state index in [9.17, 15) is 60.0 Å². The largest absolute Gasteiger partial charge is 0.507 e. The summed E-state index contributed by atoms with van der Waals surface area (Å²) in [5, 5.41) is 81.9. The Kier molecular flexibility index (Phi) is 7.78. The number of phenolic OH excluding ortho intramolecular Hbond substituents is 2. The van der Waals surface area contributed by atoms with E-state index < -0.39 is 84.2 Å². The number of aliphatic hydroxyl groups is 4. The van der Waals surface area contributed by atoms with Crippen LogP contribution in [0.25, 0.3) is 0 Å². The molecule has 7 atom stereocenters. The minimum Gasteiger partial charge on any atom is -0.507 e. The van der Waals surface area contributed by atoms with Gasteiger partial charge in [-0.25, -0.2) is 9.59 Å². The number of benzene rings is 3. The van der Waals surface area contributed by atoms with Crippen molar-refractivity contribution in [3.8, 4) is 17.2 Å². The standard InChI is InChI=1S/C32H28O14/c33-10-21-26(37)28(39)29(40)32(46-21)45-20-3-1-2-14-22(16-7-12(31(43)44)9-19(36)24(16)27(38)25(14)20)13-4-5-17(34)23-15(13)6-11(30(41)42)8-18(23)35/h1-3,6-9,13,21-22,26,28-29,32-33,35-37,39-40H,4-5,10H2,(H,41,42)(H,43,44)/t13?,21?,22?,26-,28?,29+,32-/m1/s1. The summed E-state index contributed by atoms with van der Waals surface area (Å²) in [4.78, 5) is 51.0. The second-order valence-corrected chi connectivity index (χ2v) is 11.4. The topological polar surface area (TPSA) is 249 Å². The SMILES string of the molecule is O=C(O)c1cc(O)c2c(c1)C(C1c3cc(C(=O)O)cc(O)c3C(=O)c3c(O[C@@H]4OC(CO)[C@@H](O)C(O)[C@@H]4O)cccc31)CCC2=O. The minimum absolute atomic E-state index is 0.0745. The lowest BCUT2D eigenvalue weighted by Crippen LogP contribution is -2.60. The lowest BCUT2D eigenvalue weighted by Gasteiger charge is -2.40. The molecule has 46 heavy (non-hydrogen) atoms. The number of hydrogen-bond acceptors (Lipinski definition) is 12. The Bertz CT molecular complexity index is 1800. The summed E-state index contributed by atoms with van der Waals surface area (Å²) in [6, 6.07) is 8.65. The summed E-state index contributed by atoms with van der Waals surface area (Å²) in [6.45, 7) is -0.739. The molecule has 8 N–H and O–H groups in total. The average Bonchev–Trinajstić information content (AvgIpc) is 3.01. The van der Waals surface area contributed by atoms with Gasteiger partial charge in [-0.1, -0.05) is 12.1 Å². The first-order valence-corrected chi connectivity index (χ1v) is 14.2. The Morgan fingerprint density at radius 1 is 0.804 bits per heavy atom. The third-order valence-corrected chi connectivity index (χ3v) is 8.83. The third-order valence-electron chi connectivity index (χ3n) is 8.83. The van der Waals surface area contributed by atoms with Crippen LogP contribution in [0.5, 0.6) is 17.2 Å². The molecule has 3 aromatic rings. The summed E-state index contributed by atoms with van der Waals surface area (Å²) in [6.07, 6.45) is -8.29.